The zero-order chi connectivity index (χ0) is 22.7. The normalized spacial score (nSPS) is 16.0. The van der Waals surface area contributed by atoms with Crippen molar-refractivity contribution in [2.24, 2.45) is 5.73 Å². The van der Waals surface area contributed by atoms with Crippen molar-refractivity contribution < 1.29 is 13.9 Å². The van der Waals surface area contributed by atoms with Gasteiger partial charge in [0.05, 0.1) is 42.8 Å². The monoisotopic (exact) mass is 438 g/mol. The molecule has 3 aromatic rings. The van der Waals surface area contributed by atoms with Crippen LogP contribution in [0.5, 0.6) is 5.88 Å². The van der Waals surface area contributed by atoms with Crippen LogP contribution >= 0.6 is 0 Å². The molecule has 4 rings (SSSR count). The van der Waals surface area contributed by atoms with Crippen molar-refractivity contribution >= 4 is 23.0 Å². The molecule has 11 heteroatoms. The van der Waals surface area contributed by atoms with Gasteiger partial charge in [0.25, 0.3) is 5.91 Å². The Morgan fingerprint density at radius 1 is 1.28 bits per heavy atom. The second kappa shape index (κ2) is 9.10. The highest BCUT2D eigenvalue weighted by Gasteiger charge is 2.23. The van der Waals surface area contributed by atoms with Gasteiger partial charge in [0.15, 0.2) is 11.5 Å². The van der Waals surface area contributed by atoms with E-state index in [0.717, 1.165) is 31.1 Å². The van der Waals surface area contributed by atoms with Crippen LogP contribution in [0.4, 0.5) is 21.5 Å². The van der Waals surface area contributed by atoms with Gasteiger partial charge < -0.3 is 26.4 Å². The molecular formula is C21H23FN8O2. The lowest BCUT2D eigenvalue weighted by Crippen LogP contribution is -2.43. The summed E-state index contributed by atoms with van der Waals surface area (Å²) in [7, 11) is 1.42. The Bertz CT molecular complexity index is 1140. The maximum atomic E-state index is 14.6. The molecule has 0 aromatic carbocycles. The van der Waals surface area contributed by atoms with Crippen molar-refractivity contribution in [1.82, 2.24) is 19.9 Å². The van der Waals surface area contributed by atoms with E-state index < -0.39 is 11.7 Å². The molecule has 5 N–H and O–H groups in total. The Hall–Kier alpha value is -3.86. The van der Waals surface area contributed by atoms with Gasteiger partial charge >= 0.3 is 0 Å². The molecule has 32 heavy (non-hydrogen) atoms. The van der Waals surface area contributed by atoms with E-state index in [1.807, 2.05) is 6.07 Å². The highest BCUT2D eigenvalue weighted by Crippen LogP contribution is 2.29. The molecule has 10 nitrogen and oxygen atoms in total. The molecule has 3 aromatic heterocycles. The van der Waals surface area contributed by atoms with Crippen LogP contribution in [0.2, 0.25) is 0 Å². The number of methoxy groups -OCH3 is 1. The summed E-state index contributed by atoms with van der Waals surface area (Å²) in [5.74, 6) is -1.15. The molecule has 0 unspecified atom stereocenters. The number of nitrogens with two attached hydrogens (primary N) is 2. The Morgan fingerprint density at radius 2 is 2.12 bits per heavy atom. The zero-order valence-electron chi connectivity index (χ0n) is 17.5. The smallest absolute Gasteiger partial charge is 0.276 e. The number of nitrogens with zero attached hydrogens (tertiary/aromatic N) is 5. The van der Waals surface area contributed by atoms with Gasteiger partial charge in [-0.1, -0.05) is 0 Å². The van der Waals surface area contributed by atoms with Gasteiger partial charge in [0.2, 0.25) is 5.88 Å². The third-order valence-corrected chi connectivity index (χ3v) is 5.13. The van der Waals surface area contributed by atoms with Crippen LogP contribution in [0.15, 0.2) is 36.9 Å². The van der Waals surface area contributed by atoms with E-state index in [4.69, 9.17) is 16.2 Å². The molecule has 1 fully saturated rings. The molecule has 1 aliphatic rings. The first-order valence-electron chi connectivity index (χ1n) is 10.0. The van der Waals surface area contributed by atoms with Crippen molar-refractivity contribution in [3.05, 3.63) is 48.4 Å². The Labute approximate surface area is 183 Å². The summed E-state index contributed by atoms with van der Waals surface area (Å²) in [5.41, 5.74) is 13.0. The lowest BCUT2D eigenvalue weighted by Gasteiger charge is -2.33. The summed E-state index contributed by atoms with van der Waals surface area (Å²) in [5, 5.41) is 2.79. The van der Waals surface area contributed by atoms with E-state index >= 15 is 0 Å². The van der Waals surface area contributed by atoms with Crippen molar-refractivity contribution in [2.75, 3.05) is 36.1 Å². The number of nitrogens with one attached hydrogen (secondary N) is 1. The molecule has 4 heterocycles. The first-order chi connectivity index (χ1) is 15.5. The maximum absolute atomic E-state index is 14.6. The first kappa shape index (κ1) is 21.4. The molecule has 0 saturated carbocycles. The minimum Gasteiger partial charge on any atom is -0.480 e. The molecule has 0 radical (unpaired) electrons. The Morgan fingerprint density at radius 3 is 2.91 bits per heavy atom. The van der Waals surface area contributed by atoms with Gasteiger partial charge in [-0.15, -0.1) is 0 Å². The quantitative estimate of drug-likeness (QED) is 0.543. The number of halogens is 1. The lowest BCUT2D eigenvalue weighted by molar-refractivity contribution is 0.102. The number of carbonyl (C=O) groups is 1. The van der Waals surface area contributed by atoms with Gasteiger partial charge in [-0.05, 0) is 18.9 Å². The average molecular weight is 438 g/mol. The Balaban J connectivity index is 1.65. The van der Waals surface area contributed by atoms with E-state index in [-0.39, 0.29) is 34.7 Å². The number of pyridine rings is 2. The highest BCUT2D eigenvalue weighted by atomic mass is 19.1. The molecule has 0 aliphatic carbocycles. The minimum atomic E-state index is -0.731. The van der Waals surface area contributed by atoms with E-state index in [0.29, 0.717) is 12.2 Å². The number of hydrogen-bond acceptors (Lipinski definition) is 9. The number of anilines is 3. The van der Waals surface area contributed by atoms with E-state index in [2.05, 4.69) is 30.2 Å². The second-order valence-electron chi connectivity index (χ2n) is 7.40. The highest BCUT2D eigenvalue weighted by molar-refractivity contribution is 6.07. The molecule has 1 aliphatic heterocycles. The predicted molar refractivity (Wildman–Crippen MR) is 118 cm³/mol. The van der Waals surface area contributed by atoms with Crippen LogP contribution in [0.1, 0.15) is 23.3 Å². The Kier molecular flexibility index (Phi) is 6.08. The summed E-state index contributed by atoms with van der Waals surface area (Å²) < 4.78 is 19.6. The number of ether oxygens (including phenoxy) is 1. The number of rotatable bonds is 5. The lowest BCUT2D eigenvalue weighted by atomic mass is 10.1. The standard InChI is InChI=1S/C21H23FN8O2/c1-32-18-10-26-9-16(27-18)19-13(22)7-14(24)20(29-19)21(31)28-15-8-25-5-4-17(15)30-6-2-3-12(23)11-30/h4-5,7-10,12H,2-3,6,11,23-24H2,1H3,(H,28,31)/t12-/m0/s1. The van der Waals surface area contributed by atoms with Gasteiger partial charge in [0, 0.05) is 31.4 Å². The molecule has 1 amide bonds. The number of hydrogen-bond donors (Lipinski definition) is 3. The molecule has 0 spiro atoms. The topological polar surface area (TPSA) is 145 Å². The summed E-state index contributed by atoms with van der Waals surface area (Å²) in [6, 6.07) is 2.90. The maximum Gasteiger partial charge on any atom is 0.276 e. The SMILES string of the molecule is COc1cncc(-c2nc(C(=O)Nc3cnccc3N3CCC[C@H](N)C3)c(N)cc2F)n1. The number of amides is 1. The van der Waals surface area contributed by atoms with Gasteiger partial charge in [-0.25, -0.2) is 14.4 Å². The van der Waals surface area contributed by atoms with Crippen LogP contribution in [-0.2, 0) is 0 Å². The summed E-state index contributed by atoms with van der Waals surface area (Å²) in [6.45, 7) is 1.48. The molecule has 0 bridgehead atoms. The fourth-order valence-corrected chi connectivity index (χ4v) is 3.59. The summed E-state index contributed by atoms with van der Waals surface area (Å²) in [4.78, 5) is 31.5. The van der Waals surface area contributed by atoms with E-state index in [1.54, 1.807) is 12.4 Å². The zero-order valence-corrected chi connectivity index (χ0v) is 17.5. The van der Waals surface area contributed by atoms with Crippen molar-refractivity contribution in [3.8, 4) is 17.3 Å². The van der Waals surface area contributed by atoms with Crippen LogP contribution in [0.3, 0.4) is 0 Å². The second-order valence-corrected chi connectivity index (χ2v) is 7.40. The molecule has 1 saturated heterocycles. The van der Waals surface area contributed by atoms with Gasteiger partial charge in [-0.2, -0.15) is 0 Å². The summed E-state index contributed by atoms with van der Waals surface area (Å²) in [6.07, 6.45) is 7.80. The number of carbonyl (C=O) groups excluding carboxylic acids is 1. The van der Waals surface area contributed by atoms with Crippen molar-refractivity contribution in [1.29, 1.82) is 0 Å². The molecule has 166 valence electrons. The molecular weight excluding hydrogens is 415 g/mol. The number of piperidine rings is 1. The predicted octanol–water partition coefficient (Wildman–Crippen LogP) is 1.84. The average Bonchev–Trinajstić information content (AvgIpc) is 2.79. The number of nitrogen functional groups attached to an aromatic ring is 1. The third kappa shape index (κ3) is 4.42. The van der Waals surface area contributed by atoms with Crippen LogP contribution in [0.25, 0.3) is 11.4 Å². The van der Waals surface area contributed by atoms with Gasteiger partial charge in [-0.3, -0.25) is 14.8 Å². The first-order valence-corrected chi connectivity index (χ1v) is 10.0. The fourth-order valence-electron chi connectivity index (χ4n) is 3.59. The van der Waals surface area contributed by atoms with Gasteiger partial charge in [0.1, 0.15) is 11.4 Å². The van der Waals surface area contributed by atoms with Crippen molar-refractivity contribution in [2.45, 2.75) is 18.9 Å². The van der Waals surface area contributed by atoms with Crippen LogP contribution < -0.4 is 26.4 Å². The van der Waals surface area contributed by atoms with E-state index in [9.17, 15) is 9.18 Å². The largest absolute Gasteiger partial charge is 0.480 e. The van der Waals surface area contributed by atoms with Crippen LogP contribution in [-0.4, -0.2) is 52.1 Å². The van der Waals surface area contributed by atoms with E-state index in [1.165, 1.54) is 19.5 Å². The minimum absolute atomic E-state index is 0.0569. The van der Waals surface area contributed by atoms with Crippen molar-refractivity contribution in [3.63, 3.8) is 0 Å². The number of aromatic nitrogens is 4. The third-order valence-electron chi connectivity index (χ3n) is 5.13. The fraction of sp³-hybridized carbons (Fsp3) is 0.286. The van der Waals surface area contributed by atoms with Crippen LogP contribution in [0, 0.1) is 5.82 Å². The molecule has 1 atom stereocenters. The summed E-state index contributed by atoms with van der Waals surface area (Å²) >= 11 is 0.